The molecule has 0 aliphatic carbocycles. The number of hydrazone groups is 1. The van der Waals surface area contributed by atoms with Crippen LogP contribution in [0.25, 0.3) is 0 Å². The van der Waals surface area contributed by atoms with E-state index in [4.69, 9.17) is 16.3 Å². The van der Waals surface area contributed by atoms with E-state index < -0.39 is 11.8 Å². The van der Waals surface area contributed by atoms with Crippen LogP contribution in [0.5, 0.6) is 5.75 Å². The van der Waals surface area contributed by atoms with Gasteiger partial charge in [0.1, 0.15) is 5.75 Å². The van der Waals surface area contributed by atoms with Gasteiger partial charge in [-0.1, -0.05) is 41.9 Å². The number of nitrogens with zero attached hydrogens (tertiary/aromatic N) is 1. The molecule has 0 aromatic heterocycles. The molecule has 0 fully saturated rings. The first kappa shape index (κ1) is 20.9. The molecule has 146 valence electrons. The van der Waals surface area contributed by atoms with E-state index in [2.05, 4.69) is 21.2 Å². The summed E-state index contributed by atoms with van der Waals surface area (Å²) in [6, 6.07) is 14.2. The summed E-state index contributed by atoms with van der Waals surface area (Å²) in [5.41, 5.74) is 3.48. The molecule has 0 atom stereocenters. The number of likely N-dealkylation sites (N-methyl/N-ethyl adjacent to an activating group) is 1. The molecule has 28 heavy (non-hydrogen) atoms. The van der Waals surface area contributed by atoms with Gasteiger partial charge in [-0.25, -0.2) is 5.43 Å². The van der Waals surface area contributed by atoms with E-state index in [0.717, 1.165) is 5.56 Å². The van der Waals surface area contributed by atoms with Gasteiger partial charge < -0.3 is 15.4 Å². The minimum absolute atomic E-state index is 0.208. The zero-order valence-corrected chi connectivity index (χ0v) is 15.8. The molecule has 0 bridgehead atoms. The number of benzene rings is 2. The van der Waals surface area contributed by atoms with Crippen molar-refractivity contribution in [3.05, 3.63) is 64.7 Å². The topological polar surface area (TPSA) is 109 Å². The van der Waals surface area contributed by atoms with E-state index in [1.54, 1.807) is 18.2 Å². The third kappa shape index (κ3) is 6.73. The first-order chi connectivity index (χ1) is 13.5. The minimum atomic E-state index is -0.913. The van der Waals surface area contributed by atoms with Gasteiger partial charge in [0.05, 0.1) is 6.21 Å². The lowest BCUT2D eigenvalue weighted by Crippen LogP contribution is -2.35. The maximum atomic E-state index is 12.0. The van der Waals surface area contributed by atoms with Gasteiger partial charge in [-0.05, 0) is 23.8 Å². The molecule has 0 saturated heterocycles. The van der Waals surface area contributed by atoms with Crippen molar-refractivity contribution >= 4 is 35.5 Å². The molecule has 8 nitrogen and oxygen atoms in total. The van der Waals surface area contributed by atoms with Gasteiger partial charge in [0, 0.05) is 24.2 Å². The highest BCUT2D eigenvalue weighted by Crippen LogP contribution is 2.21. The molecule has 2 aromatic rings. The molecule has 0 spiro atoms. The van der Waals surface area contributed by atoms with Gasteiger partial charge in [-0.3, -0.25) is 14.4 Å². The summed E-state index contributed by atoms with van der Waals surface area (Å²) in [6.07, 6.45) is 1.27. The van der Waals surface area contributed by atoms with Crippen LogP contribution in [0.1, 0.15) is 11.1 Å². The Hall–Kier alpha value is -3.39. The fourth-order valence-electron chi connectivity index (χ4n) is 2.07. The number of amides is 3. The third-order valence-electron chi connectivity index (χ3n) is 3.47. The first-order valence-electron chi connectivity index (χ1n) is 8.27. The fourth-order valence-corrected chi connectivity index (χ4v) is 2.25. The summed E-state index contributed by atoms with van der Waals surface area (Å²) in [4.78, 5) is 34.5. The minimum Gasteiger partial charge on any atom is -0.483 e. The second-order valence-electron chi connectivity index (χ2n) is 5.51. The highest BCUT2D eigenvalue weighted by molar-refractivity contribution is 6.35. The summed E-state index contributed by atoms with van der Waals surface area (Å²) >= 11 is 5.96. The number of ether oxygens (including phenoxy) is 1. The lowest BCUT2D eigenvalue weighted by Gasteiger charge is -2.10. The second-order valence-corrected chi connectivity index (χ2v) is 5.95. The Labute approximate surface area is 166 Å². The van der Waals surface area contributed by atoms with Crippen molar-refractivity contribution in [2.45, 2.75) is 6.54 Å². The zero-order valence-electron chi connectivity index (χ0n) is 15.1. The van der Waals surface area contributed by atoms with Crippen LogP contribution in [0.15, 0.2) is 53.6 Å². The number of halogens is 1. The molecular formula is C19H19ClN4O4. The van der Waals surface area contributed by atoms with Crippen molar-refractivity contribution in [3.8, 4) is 5.75 Å². The van der Waals surface area contributed by atoms with Gasteiger partial charge in [-0.2, -0.15) is 5.10 Å². The van der Waals surface area contributed by atoms with Crippen LogP contribution in [0, 0.1) is 0 Å². The molecule has 0 aliphatic rings. The maximum absolute atomic E-state index is 12.0. The Morgan fingerprint density at radius 2 is 1.86 bits per heavy atom. The number of hydrogen-bond acceptors (Lipinski definition) is 5. The van der Waals surface area contributed by atoms with Crippen molar-refractivity contribution in [2.24, 2.45) is 5.10 Å². The molecule has 3 amide bonds. The normalized spacial score (nSPS) is 10.4. The van der Waals surface area contributed by atoms with Gasteiger partial charge in [0.2, 0.25) is 0 Å². The Balaban J connectivity index is 1.93. The molecule has 0 radical (unpaired) electrons. The van der Waals surface area contributed by atoms with Crippen LogP contribution >= 0.6 is 11.6 Å². The number of carbonyl (C=O) groups excluding carboxylic acids is 3. The van der Waals surface area contributed by atoms with Gasteiger partial charge in [0.15, 0.2) is 6.61 Å². The Kier molecular flexibility index (Phi) is 7.98. The van der Waals surface area contributed by atoms with E-state index in [9.17, 15) is 14.4 Å². The summed E-state index contributed by atoms with van der Waals surface area (Å²) in [7, 11) is 1.33. The van der Waals surface area contributed by atoms with E-state index in [1.165, 1.54) is 13.3 Å². The summed E-state index contributed by atoms with van der Waals surface area (Å²) in [5, 5.41) is 9.03. The monoisotopic (exact) mass is 402 g/mol. The van der Waals surface area contributed by atoms with Gasteiger partial charge in [-0.15, -0.1) is 0 Å². The first-order valence-corrected chi connectivity index (χ1v) is 8.65. The van der Waals surface area contributed by atoms with Crippen LogP contribution in [-0.4, -0.2) is 37.6 Å². The molecule has 0 aliphatic heterocycles. The number of nitrogens with one attached hydrogen (secondary N) is 3. The highest BCUT2D eigenvalue weighted by Gasteiger charge is 2.10. The Morgan fingerprint density at radius 3 is 2.57 bits per heavy atom. The summed E-state index contributed by atoms with van der Waals surface area (Å²) in [5.74, 6) is -1.69. The molecule has 3 N–H and O–H groups in total. The molecule has 0 unspecified atom stereocenters. The van der Waals surface area contributed by atoms with Crippen LogP contribution in [0.2, 0.25) is 5.02 Å². The number of hydrogen-bond donors (Lipinski definition) is 3. The average molecular weight is 403 g/mol. The van der Waals surface area contributed by atoms with Crippen molar-refractivity contribution in [1.29, 1.82) is 0 Å². The predicted molar refractivity (Wildman–Crippen MR) is 105 cm³/mol. The highest BCUT2D eigenvalue weighted by atomic mass is 35.5. The number of rotatable bonds is 7. The standard InChI is InChI=1S/C19H19ClN4O4/c1-21-18(26)19(27)24-23-11-14-9-15(20)7-8-16(14)28-12-17(25)22-10-13-5-3-2-4-6-13/h2-9,11H,10,12H2,1H3,(H,21,26)(H,22,25)(H,24,27)/b23-11-. The summed E-state index contributed by atoms with van der Waals surface area (Å²) < 4.78 is 5.51. The zero-order chi connectivity index (χ0) is 20.4. The Bertz CT molecular complexity index is 871. The van der Waals surface area contributed by atoms with Crippen LogP contribution in [0.4, 0.5) is 0 Å². The average Bonchev–Trinajstić information content (AvgIpc) is 2.71. The summed E-state index contributed by atoms with van der Waals surface area (Å²) in [6.45, 7) is 0.184. The van der Waals surface area contributed by atoms with Crippen LogP contribution in [0.3, 0.4) is 0 Å². The molecule has 0 saturated carbocycles. The van der Waals surface area contributed by atoms with Crippen molar-refractivity contribution in [2.75, 3.05) is 13.7 Å². The van der Waals surface area contributed by atoms with E-state index in [-0.39, 0.29) is 12.5 Å². The third-order valence-corrected chi connectivity index (χ3v) is 3.70. The molecule has 2 rings (SSSR count). The second kappa shape index (κ2) is 10.7. The molecule has 9 heteroatoms. The molecular weight excluding hydrogens is 384 g/mol. The predicted octanol–water partition coefficient (Wildman–Crippen LogP) is 1.23. The van der Waals surface area contributed by atoms with Crippen molar-refractivity contribution < 1.29 is 19.1 Å². The van der Waals surface area contributed by atoms with Crippen LogP contribution < -0.4 is 20.8 Å². The van der Waals surface area contributed by atoms with Gasteiger partial charge >= 0.3 is 11.8 Å². The fraction of sp³-hybridized carbons (Fsp3) is 0.158. The molecule has 0 heterocycles. The molecule has 2 aromatic carbocycles. The van der Waals surface area contributed by atoms with Crippen molar-refractivity contribution in [3.63, 3.8) is 0 Å². The SMILES string of the molecule is CNC(=O)C(=O)N/N=C\c1cc(Cl)ccc1OCC(=O)NCc1ccccc1. The largest absolute Gasteiger partial charge is 0.483 e. The van der Waals surface area contributed by atoms with E-state index >= 15 is 0 Å². The van der Waals surface area contributed by atoms with E-state index in [0.29, 0.717) is 22.9 Å². The van der Waals surface area contributed by atoms with Crippen molar-refractivity contribution in [1.82, 2.24) is 16.1 Å². The quantitative estimate of drug-likeness (QED) is 0.367. The van der Waals surface area contributed by atoms with E-state index in [1.807, 2.05) is 30.3 Å². The maximum Gasteiger partial charge on any atom is 0.329 e. The number of carbonyl (C=O) groups is 3. The lowest BCUT2D eigenvalue weighted by molar-refractivity contribution is -0.138. The lowest BCUT2D eigenvalue weighted by atomic mass is 10.2. The van der Waals surface area contributed by atoms with Crippen LogP contribution in [-0.2, 0) is 20.9 Å². The smallest absolute Gasteiger partial charge is 0.329 e. The van der Waals surface area contributed by atoms with Gasteiger partial charge in [0.25, 0.3) is 5.91 Å². The Morgan fingerprint density at radius 1 is 1.11 bits per heavy atom.